The van der Waals surface area contributed by atoms with Gasteiger partial charge in [-0.2, -0.15) is 4.31 Å². The van der Waals surface area contributed by atoms with E-state index in [1.165, 1.54) is 4.90 Å². The molecule has 0 aliphatic carbocycles. The molecule has 0 radical (unpaired) electrons. The molecule has 0 amide bonds. The molecule has 0 aromatic heterocycles. The molecule has 0 bridgehead atoms. The maximum atomic E-state index is 12.7. The second kappa shape index (κ2) is 7.87. The van der Waals surface area contributed by atoms with Gasteiger partial charge in [-0.1, -0.05) is 60.1 Å². The van der Waals surface area contributed by atoms with E-state index in [0.29, 0.717) is 13.1 Å². The lowest BCUT2D eigenvalue weighted by atomic mass is 10.1. The van der Waals surface area contributed by atoms with E-state index in [4.69, 9.17) is 11.6 Å². The van der Waals surface area contributed by atoms with Crippen molar-refractivity contribution >= 4 is 21.6 Å². The van der Waals surface area contributed by atoms with Crippen LogP contribution < -0.4 is 4.90 Å². The Balaban J connectivity index is 1.62. The van der Waals surface area contributed by atoms with Crippen molar-refractivity contribution in [1.29, 1.82) is 0 Å². The van der Waals surface area contributed by atoms with E-state index < -0.39 is 10.0 Å². The van der Waals surface area contributed by atoms with E-state index in [1.54, 1.807) is 4.31 Å². The SMILES string of the molecule is C[C@@H](c1ccccc1Cl)[NH+]1CCN(S(=O)(=O)Cc2ccccc2)CC1. The van der Waals surface area contributed by atoms with E-state index in [9.17, 15) is 8.42 Å². The van der Waals surface area contributed by atoms with Crippen molar-refractivity contribution in [3.63, 3.8) is 0 Å². The van der Waals surface area contributed by atoms with Crippen molar-refractivity contribution in [2.45, 2.75) is 18.7 Å². The first kappa shape index (κ1) is 18.4. The van der Waals surface area contributed by atoms with Gasteiger partial charge in [0.25, 0.3) is 0 Å². The van der Waals surface area contributed by atoms with Crippen molar-refractivity contribution in [1.82, 2.24) is 4.31 Å². The molecule has 2 aromatic rings. The maximum Gasteiger partial charge on any atom is 0.218 e. The fraction of sp³-hybridized carbons (Fsp3) is 0.368. The number of nitrogens with zero attached hydrogens (tertiary/aromatic N) is 1. The van der Waals surface area contributed by atoms with E-state index >= 15 is 0 Å². The van der Waals surface area contributed by atoms with Gasteiger partial charge < -0.3 is 4.90 Å². The van der Waals surface area contributed by atoms with Crippen molar-refractivity contribution in [2.75, 3.05) is 26.2 Å². The topological polar surface area (TPSA) is 41.8 Å². The average molecular weight is 380 g/mol. The fourth-order valence-corrected chi connectivity index (χ4v) is 5.24. The molecular weight excluding hydrogens is 356 g/mol. The second-order valence-electron chi connectivity index (χ2n) is 6.54. The molecule has 1 aliphatic heterocycles. The second-order valence-corrected chi connectivity index (χ2v) is 8.92. The molecule has 25 heavy (non-hydrogen) atoms. The Morgan fingerprint density at radius 3 is 2.28 bits per heavy atom. The monoisotopic (exact) mass is 379 g/mol. The van der Waals surface area contributed by atoms with Crippen molar-refractivity contribution in [3.8, 4) is 0 Å². The molecule has 4 nitrogen and oxygen atoms in total. The molecule has 1 N–H and O–H groups in total. The Morgan fingerprint density at radius 2 is 1.64 bits per heavy atom. The zero-order chi connectivity index (χ0) is 17.9. The van der Waals surface area contributed by atoms with Crippen molar-refractivity contribution in [2.24, 2.45) is 0 Å². The first-order valence-electron chi connectivity index (χ1n) is 8.58. The number of hydrogen-bond acceptors (Lipinski definition) is 2. The zero-order valence-electron chi connectivity index (χ0n) is 14.4. The van der Waals surface area contributed by atoms with Crippen LogP contribution in [0.4, 0.5) is 0 Å². The number of nitrogens with one attached hydrogen (secondary N) is 1. The average Bonchev–Trinajstić information content (AvgIpc) is 2.62. The lowest BCUT2D eigenvalue weighted by molar-refractivity contribution is -0.933. The zero-order valence-corrected chi connectivity index (χ0v) is 15.9. The summed E-state index contributed by atoms with van der Waals surface area (Å²) in [6.07, 6.45) is 0. The number of rotatable bonds is 5. The van der Waals surface area contributed by atoms with Crippen molar-refractivity contribution in [3.05, 3.63) is 70.7 Å². The number of hydrogen-bond donors (Lipinski definition) is 1. The molecule has 1 heterocycles. The van der Waals surface area contributed by atoms with Crippen LogP contribution in [0.5, 0.6) is 0 Å². The smallest absolute Gasteiger partial charge is 0.218 e. The van der Waals surface area contributed by atoms with Gasteiger partial charge in [0.1, 0.15) is 6.04 Å². The van der Waals surface area contributed by atoms with Gasteiger partial charge in [-0.05, 0) is 18.6 Å². The van der Waals surface area contributed by atoms with Crippen LogP contribution in [0, 0.1) is 0 Å². The summed E-state index contributed by atoms with van der Waals surface area (Å²) in [6, 6.07) is 17.5. The molecule has 3 rings (SSSR count). The predicted molar refractivity (Wildman–Crippen MR) is 101 cm³/mol. The van der Waals surface area contributed by atoms with Gasteiger partial charge in [0.2, 0.25) is 10.0 Å². The van der Waals surface area contributed by atoms with Gasteiger partial charge in [-0.15, -0.1) is 0 Å². The van der Waals surface area contributed by atoms with Crippen molar-refractivity contribution < 1.29 is 13.3 Å². The van der Waals surface area contributed by atoms with Crippen LogP contribution in [-0.4, -0.2) is 38.9 Å². The van der Waals surface area contributed by atoms with E-state index in [1.807, 2.05) is 48.5 Å². The van der Waals surface area contributed by atoms with Gasteiger partial charge in [0.05, 0.1) is 31.9 Å². The summed E-state index contributed by atoms with van der Waals surface area (Å²) in [7, 11) is -3.26. The predicted octanol–water partition coefficient (Wildman–Crippen LogP) is 2.13. The number of halogens is 1. The number of sulfonamides is 1. The Labute approximate surface area is 155 Å². The summed E-state index contributed by atoms with van der Waals surface area (Å²) in [5.41, 5.74) is 1.96. The van der Waals surface area contributed by atoms with Crippen LogP contribution >= 0.6 is 11.6 Å². The van der Waals surface area contributed by atoms with Gasteiger partial charge in [-0.3, -0.25) is 0 Å². The molecule has 6 heteroatoms. The van der Waals surface area contributed by atoms with Crippen LogP contribution in [0.15, 0.2) is 54.6 Å². The minimum absolute atomic E-state index is 0.0727. The summed E-state index contributed by atoms with van der Waals surface area (Å²) < 4.78 is 26.9. The molecule has 1 fully saturated rings. The third kappa shape index (κ3) is 4.42. The molecule has 0 unspecified atom stereocenters. The summed E-state index contributed by atoms with van der Waals surface area (Å²) in [5.74, 6) is 0.0727. The first-order chi connectivity index (χ1) is 12.0. The Hall–Kier alpha value is -1.40. The number of piperazine rings is 1. The molecule has 0 spiro atoms. The third-order valence-corrected chi connectivity index (χ3v) is 7.13. The molecule has 1 aliphatic rings. The van der Waals surface area contributed by atoms with Gasteiger partial charge in [-0.25, -0.2) is 8.42 Å². The van der Waals surface area contributed by atoms with E-state index in [0.717, 1.165) is 29.2 Å². The third-order valence-electron chi connectivity index (χ3n) is 4.93. The van der Waals surface area contributed by atoms with Crippen LogP contribution in [-0.2, 0) is 15.8 Å². The largest absolute Gasteiger partial charge is 0.327 e. The quantitative estimate of drug-likeness (QED) is 0.864. The molecule has 1 atom stereocenters. The highest BCUT2D eigenvalue weighted by Gasteiger charge is 2.32. The molecule has 0 saturated carbocycles. The number of benzene rings is 2. The highest BCUT2D eigenvalue weighted by Crippen LogP contribution is 2.20. The number of quaternary nitrogens is 1. The van der Waals surface area contributed by atoms with E-state index in [2.05, 4.69) is 13.0 Å². The standard InChI is InChI=1S/C19H23ClN2O2S/c1-16(18-9-5-6-10-19(18)20)21-11-13-22(14-12-21)25(23,24)15-17-7-3-2-4-8-17/h2-10,16H,11-15H2,1H3/p+1/t16-/m0/s1. The van der Waals surface area contributed by atoms with E-state index in [-0.39, 0.29) is 11.8 Å². The molecular formula is C19H24ClN2O2S+. The van der Waals surface area contributed by atoms with Gasteiger partial charge in [0.15, 0.2) is 0 Å². The highest BCUT2D eigenvalue weighted by molar-refractivity contribution is 7.88. The van der Waals surface area contributed by atoms with Crippen LogP contribution in [0.1, 0.15) is 24.1 Å². The minimum Gasteiger partial charge on any atom is -0.327 e. The van der Waals surface area contributed by atoms with Gasteiger partial charge >= 0.3 is 0 Å². The Morgan fingerprint density at radius 1 is 1.04 bits per heavy atom. The van der Waals surface area contributed by atoms with Crippen LogP contribution in [0.3, 0.4) is 0 Å². The normalized spacial score (nSPS) is 18.2. The molecule has 2 aromatic carbocycles. The molecule has 1 saturated heterocycles. The highest BCUT2D eigenvalue weighted by atomic mass is 35.5. The lowest BCUT2D eigenvalue weighted by Crippen LogP contribution is -3.14. The Bertz CT molecular complexity index is 803. The lowest BCUT2D eigenvalue weighted by Gasteiger charge is -2.35. The van der Waals surface area contributed by atoms with Crippen LogP contribution in [0.2, 0.25) is 5.02 Å². The fourth-order valence-electron chi connectivity index (χ4n) is 3.41. The summed E-state index contributed by atoms with van der Waals surface area (Å²) in [5, 5.41) is 0.779. The summed E-state index contributed by atoms with van der Waals surface area (Å²) in [4.78, 5) is 1.37. The van der Waals surface area contributed by atoms with Gasteiger partial charge in [0, 0.05) is 10.6 Å². The molecule has 134 valence electrons. The first-order valence-corrected chi connectivity index (χ1v) is 10.6. The summed E-state index contributed by atoms with van der Waals surface area (Å²) >= 11 is 6.31. The minimum atomic E-state index is -3.26. The Kier molecular flexibility index (Phi) is 5.79. The van der Waals surface area contributed by atoms with Crippen LogP contribution in [0.25, 0.3) is 0 Å². The summed E-state index contributed by atoms with van der Waals surface area (Å²) in [6.45, 7) is 4.85. The maximum absolute atomic E-state index is 12.7.